The van der Waals surface area contributed by atoms with E-state index in [9.17, 15) is 19.5 Å². The van der Waals surface area contributed by atoms with Crippen molar-refractivity contribution in [1.29, 1.82) is 0 Å². The summed E-state index contributed by atoms with van der Waals surface area (Å²) in [6.45, 7) is 0. The zero-order chi connectivity index (χ0) is 21.2. The molecule has 1 aromatic carbocycles. The fraction of sp³-hybridized carbons (Fsp3) is 0.476. The average Bonchev–Trinajstić information content (AvgIpc) is 3.24. The Morgan fingerprint density at radius 2 is 1.83 bits per heavy atom. The Morgan fingerprint density at radius 3 is 2.41 bits per heavy atom. The molecule has 0 spiro atoms. The summed E-state index contributed by atoms with van der Waals surface area (Å²) < 4.78 is 5.54. The Hall–Kier alpha value is -2.89. The summed E-state index contributed by atoms with van der Waals surface area (Å²) in [5.74, 6) is -1.62. The lowest BCUT2D eigenvalue weighted by Gasteiger charge is -2.24. The van der Waals surface area contributed by atoms with Gasteiger partial charge >= 0.3 is 5.97 Å². The summed E-state index contributed by atoms with van der Waals surface area (Å²) in [5, 5.41) is 21.3. The lowest BCUT2D eigenvalue weighted by Crippen LogP contribution is -2.51. The predicted octanol–water partition coefficient (Wildman–Crippen LogP) is 0.706. The number of hydrogen-bond donors (Lipinski definition) is 4. The highest BCUT2D eigenvalue weighted by Gasteiger charge is 2.35. The minimum atomic E-state index is -1.86. The van der Waals surface area contributed by atoms with E-state index in [-0.39, 0.29) is 18.9 Å². The lowest BCUT2D eigenvalue weighted by molar-refractivity contribution is -0.154. The minimum absolute atomic E-state index is 0.176. The first-order chi connectivity index (χ1) is 14.0. The fourth-order valence-electron chi connectivity index (χ4n) is 3.30. The van der Waals surface area contributed by atoms with Gasteiger partial charge in [0.15, 0.2) is 0 Å². The van der Waals surface area contributed by atoms with Crippen molar-refractivity contribution in [3.05, 3.63) is 35.9 Å². The molecule has 1 fully saturated rings. The second kappa shape index (κ2) is 11.2. The van der Waals surface area contributed by atoms with Gasteiger partial charge in [-0.3, -0.25) is 14.8 Å². The molecule has 0 bridgehead atoms. The molecule has 2 rings (SSSR count). The number of hydrogen-bond acceptors (Lipinski definition) is 6. The van der Waals surface area contributed by atoms with E-state index in [4.69, 9.17) is 16.4 Å². The van der Waals surface area contributed by atoms with Gasteiger partial charge in [-0.2, -0.15) is 0 Å². The van der Waals surface area contributed by atoms with E-state index in [0.29, 0.717) is 0 Å². The van der Waals surface area contributed by atoms with E-state index in [1.807, 2.05) is 30.3 Å². The van der Waals surface area contributed by atoms with Gasteiger partial charge in [0.25, 0.3) is 5.91 Å². The average molecular weight is 402 g/mol. The molecule has 0 aromatic heterocycles. The van der Waals surface area contributed by atoms with E-state index < -0.39 is 35.8 Å². The van der Waals surface area contributed by atoms with Crippen LogP contribution < -0.4 is 10.8 Å². The summed E-state index contributed by atoms with van der Waals surface area (Å²) in [7, 11) is 0. The second-order valence-electron chi connectivity index (χ2n) is 7.03. The number of amides is 2. The molecular formula is C21H26N2O6. The van der Waals surface area contributed by atoms with E-state index in [1.165, 1.54) is 5.48 Å². The van der Waals surface area contributed by atoms with E-state index in [1.54, 1.807) is 0 Å². The monoisotopic (exact) mass is 402 g/mol. The molecule has 2 amide bonds. The van der Waals surface area contributed by atoms with Gasteiger partial charge in [-0.05, 0) is 31.2 Å². The van der Waals surface area contributed by atoms with Gasteiger partial charge in [0.2, 0.25) is 5.91 Å². The molecule has 3 atom stereocenters. The smallest absolute Gasteiger partial charge is 0.329 e. The molecule has 8 nitrogen and oxygen atoms in total. The van der Waals surface area contributed by atoms with Crippen molar-refractivity contribution in [1.82, 2.24) is 10.8 Å². The van der Waals surface area contributed by atoms with Gasteiger partial charge in [-0.1, -0.05) is 30.3 Å². The second-order valence-corrected chi connectivity index (χ2v) is 7.03. The van der Waals surface area contributed by atoms with Gasteiger partial charge in [-0.15, -0.1) is 12.3 Å². The van der Waals surface area contributed by atoms with Crippen molar-refractivity contribution < 1.29 is 29.4 Å². The van der Waals surface area contributed by atoms with E-state index in [2.05, 4.69) is 11.2 Å². The van der Waals surface area contributed by atoms with Gasteiger partial charge in [0.1, 0.15) is 18.2 Å². The number of ether oxygens (including phenoxy) is 1. The molecule has 4 N–H and O–H groups in total. The Kier molecular flexibility index (Phi) is 8.65. The maximum atomic E-state index is 12.7. The number of carbonyl (C=O) groups excluding carboxylic acids is 3. The summed E-state index contributed by atoms with van der Waals surface area (Å²) in [6, 6.07) is 8.08. The zero-order valence-corrected chi connectivity index (χ0v) is 16.0. The third-order valence-electron chi connectivity index (χ3n) is 4.90. The Balaban J connectivity index is 2.15. The molecule has 1 aliphatic rings. The molecule has 0 unspecified atom stereocenters. The zero-order valence-electron chi connectivity index (χ0n) is 16.0. The van der Waals surface area contributed by atoms with Crippen molar-refractivity contribution in [2.45, 2.75) is 56.8 Å². The molecule has 156 valence electrons. The Morgan fingerprint density at radius 1 is 1.17 bits per heavy atom. The number of carbonyl (C=O) groups is 3. The number of rotatable bonds is 9. The number of aliphatic hydroxyl groups is 1. The van der Waals surface area contributed by atoms with Crippen LogP contribution in [0, 0.1) is 18.3 Å². The summed E-state index contributed by atoms with van der Waals surface area (Å²) >= 11 is 0. The van der Waals surface area contributed by atoms with E-state index >= 15 is 0 Å². The van der Waals surface area contributed by atoms with Crippen molar-refractivity contribution in [3.8, 4) is 12.3 Å². The number of benzene rings is 1. The lowest BCUT2D eigenvalue weighted by atomic mass is 9.96. The fourth-order valence-corrected chi connectivity index (χ4v) is 3.30. The van der Waals surface area contributed by atoms with Crippen LogP contribution >= 0.6 is 0 Å². The molecule has 0 aliphatic heterocycles. The summed E-state index contributed by atoms with van der Waals surface area (Å²) in [4.78, 5) is 36.9. The Bertz CT molecular complexity index is 739. The van der Waals surface area contributed by atoms with Crippen LogP contribution in [0.2, 0.25) is 0 Å². The third-order valence-corrected chi connectivity index (χ3v) is 4.90. The van der Waals surface area contributed by atoms with Crippen LogP contribution in [0.5, 0.6) is 0 Å². The largest absolute Gasteiger partial charge is 0.461 e. The molecule has 0 radical (unpaired) electrons. The minimum Gasteiger partial charge on any atom is -0.461 e. The van der Waals surface area contributed by atoms with Gasteiger partial charge in [0, 0.05) is 12.8 Å². The first-order valence-corrected chi connectivity index (χ1v) is 9.56. The van der Waals surface area contributed by atoms with Crippen molar-refractivity contribution in [2.24, 2.45) is 5.92 Å². The van der Waals surface area contributed by atoms with Gasteiger partial charge in [-0.25, -0.2) is 10.3 Å². The molecule has 0 heterocycles. The maximum Gasteiger partial charge on any atom is 0.329 e. The number of esters is 1. The standard InChI is InChI=1S/C21H26N2O6/c1-2-8-16(18(24)20(26)23-28)19(25)22-17(13-14-9-4-3-5-10-14)21(27)29-15-11-6-7-12-15/h1,3-5,9-10,15-18,24,28H,6-8,11-13H2,(H,22,25)(H,23,26)/t16-,17+,18+/m1/s1. The topological polar surface area (TPSA) is 125 Å². The molecule has 1 aromatic rings. The van der Waals surface area contributed by atoms with Gasteiger partial charge in [0.05, 0.1) is 5.92 Å². The predicted molar refractivity (Wildman–Crippen MR) is 103 cm³/mol. The molecule has 8 heteroatoms. The SMILES string of the molecule is C#CC[C@@H](C(=O)N[C@@H](Cc1ccccc1)C(=O)OC1CCCC1)[C@H](O)C(=O)NO. The first kappa shape index (κ1) is 22.4. The van der Waals surface area contributed by atoms with Crippen LogP contribution in [0.1, 0.15) is 37.7 Å². The number of nitrogens with one attached hydrogen (secondary N) is 2. The molecular weight excluding hydrogens is 376 g/mol. The molecule has 0 saturated heterocycles. The highest BCUT2D eigenvalue weighted by atomic mass is 16.5. The van der Waals surface area contributed by atoms with Crippen LogP contribution in [-0.4, -0.2) is 46.3 Å². The van der Waals surface area contributed by atoms with Crippen LogP contribution in [0.15, 0.2) is 30.3 Å². The summed E-state index contributed by atoms with van der Waals surface area (Å²) in [6.07, 6.45) is 6.68. The quantitative estimate of drug-likeness (QED) is 0.209. The highest BCUT2D eigenvalue weighted by Crippen LogP contribution is 2.22. The van der Waals surface area contributed by atoms with Crippen molar-refractivity contribution in [3.63, 3.8) is 0 Å². The number of terminal acetylenes is 1. The van der Waals surface area contributed by atoms with Gasteiger partial charge < -0.3 is 15.2 Å². The Labute approximate surface area is 169 Å². The maximum absolute atomic E-state index is 12.7. The van der Waals surface area contributed by atoms with Crippen LogP contribution in [0.4, 0.5) is 0 Å². The molecule has 1 saturated carbocycles. The first-order valence-electron chi connectivity index (χ1n) is 9.56. The van der Waals surface area contributed by atoms with Crippen molar-refractivity contribution >= 4 is 17.8 Å². The summed E-state index contributed by atoms with van der Waals surface area (Å²) in [5.41, 5.74) is 2.10. The van der Waals surface area contributed by atoms with Crippen LogP contribution in [0.25, 0.3) is 0 Å². The van der Waals surface area contributed by atoms with E-state index in [0.717, 1.165) is 31.2 Å². The normalized spacial score (nSPS) is 16.9. The van der Waals surface area contributed by atoms with Crippen LogP contribution in [0.3, 0.4) is 0 Å². The molecule has 29 heavy (non-hydrogen) atoms. The van der Waals surface area contributed by atoms with Crippen LogP contribution in [-0.2, 0) is 25.5 Å². The van der Waals surface area contributed by atoms with Crippen molar-refractivity contribution in [2.75, 3.05) is 0 Å². The molecule has 1 aliphatic carbocycles. The highest BCUT2D eigenvalue weighted by molar-refractivity contribution is 5.91. The number of aliphatic hydroxyl groups excluding tert-OH is 1. The third kappa shape index (κ3) is 6.59. The number of hydroxylamine groups is 1.